The maximum absolute atomic E-state index is 4.00. The molecule has 4 aliphatic rings. The Labute approximate surface area is 118 Å². The van der Waals surface area contributed by atoms with E-state index in [0.717, 1.165) is 29.7 Å². The van der Waals surface area contributed by atoms with Crippen LogP contribution in [0.4, 0.5) is 0 Å². The fraction of sp³-hybridized carbons (Fsp3) is 1.00. The highest BCUT2D eigenvalue weighted by atomic mass is 15.2. The normalized spacial score (nSPS) is 54.3. The third-order valence-corrected chi connectivity index (χ3v) is 7.01. The molecule has 1 N–H and O–H groups in total. The van der Waals surface area contributed by atoms with Gasteiger partial charge in [-0.1, -0.05) is 13.3 Å². The van der Waals surface area contributed by atoms with Gasteiger partial charge in [-0.2, -0.15) is 0 Å². The van der Waals surface area contributed by atoms with Crippen LogP contribution in [0, 0.1) is 23.7 Å². The molecule has 0 unspecified atom stereocenters. The molecule has 2 saturated carbocycles. The number of piperidine rings is 2. The average molecular weight is 262 g/mol. The highest BCUT2D eigenvalue weighted by molar-refractivity contribution is 5.10. The molecule has 4 fully saturated rings. The lowest BCUT2D eigenvalue weighted by Gasteiger charge is -2.61. The molecule has 2 saturated heterocycles. The molecule has 2 aliphatic heterocycles. The molecule has 0 radical (unpaired) electrons. The first-order valence-corrected chi connectivity index (χ1v) is 8.63. The van der Waals surface area contributed by atoms with Crippen LogP contribution >= 0.6 is 0 Å². The van der Waals surface area contributed by atoms with Gasteiger partial charge in [0.15, 0.2) is 0 Å². The third-order valence-electron chi connectivity index (χ3n) is 7.01. The van der Waals surface area contributed by atoms with Crippen LogP contribution in [-0.2, 0) is 0 Å². The standard InChI is InChI=1S/C17H30N2/c1-12-7-13-10-17(5-3-4-6-18-17)14-9-15(13)16(8-12)19(2)11-14/h12-16,18H,3-11H2,1-2H3/t12-,13+,14-,15-,16+,17+/m1/s1. The Morgan fingerprint density at radius 2 is 2.05 bits per heavy atom. The highest BCUT2D eigenvalue weighted by Crippen LogP contribution is 2.54. The Bertz CT molecular complexity index is 347. The van der Waals surface area contributed by atoms with Crippen molar-refractivity contribution < 1.29 is 0 Å². The summed E-state index contributed by atoms with van der Waals surface area (Å²) in [6, 6.07) is 0.908. The minimum atomic E-state index is 0.524. The lowest BCUT2D eigenvalue weighted by molar-refractivity contribution is -0.0889. The van der Waals surface area contributed by atoms with Crippen LogP contribution in [0.15, 0.2) is 0 Å². The molecule has 19 heavy (non-hydrogen) atoms. The maximum atomic E-state index is 4.00. The molecule has 2 bridgehead atoms. The van der Waals surface area contributed by atoms with E-state index in [2.05, 4.69) is 24.2 Å². The van der Waals surface area contributed by atoms with Gasteiger partial charge in [0.2, 0.25) is 0 Å². The fourth-order valence-electron chi connectivity index (χ4n) is 6.21. The third kappa shape index (κ3) is 1.90. The summed E-state index contributed by atoms with van der Waals surface area (Å²) in [6.45, 7) is 5.12. The summed E-state index contributed by atoms with van der Waals surface area (Å²) >= 11 is 0. The first kappa shape index (κ1) is 12.6. The van der Waals surface area contributed by atoms with Crippen LogP contribution < -0.4 is 5.32 Å². The van der Waals surface area contributed by atoms with Gasteiger partial charge in [0, 0.05) is 18.1 Å². The van der Waals surface area contributed by atoms with Gasteiger partial charge >= 0.3 is 0 Å². The molecule has 0 aromatic heterocycles. The number of likely N-dealkylation sites (tertiary alicyclic amines) is 1. The van der Waals surface area contributed by atoms with Gasteiger partial charge in [-0.25, -0.2) is 0 Å². The minimum Gasteiger partial charge on any atom is -0.311 e. The van der Waals surface area contributed by atoms with E-state index in [1.807, 2.05) is 0 Å². The molecule has 2 nitrogen and oxygen atoms in total. The minimum absolute atomic E-state index is 0.524. The van der Waals surface area contributed by atoms with Crippen LogP contribution in [-0.4, -0.2) is 36.6 Å². The van der Waals surface area contributed by atoms with Crippen molar-refractivity contribution in [3.05, 3.63) is 0 Å². The van der Waals surface area contributed by atoms with Gasteiger partial charge in [-0.05, 0) is 75.8 Å². The van der Waals surface area contributed by atoms with Crippen molar-refractivity contribution in [2.24, 2.45) is 23.7 Å². The lowest BCUT2D eigenvalue weighted by Crippen LogP contribution is -2.67. The van der Waals surface area contributed by atoms with Crippen LogP contribution in [0.5, 0.6) is 0 Å². The summed E-state index contributed by atoms with van der Waals surface area (Å²) in [6.07, 6.45) is 10.3. The first-order valence-electron chi connectivity index (χ1n) is 8.63. The van der Waals surface area contributed by atoms with Crippen molar-refractivity contribution in [2.75, 3.05) is 20.1 Å². The second kappa shape index (κ2) is 4.46. The molecule has 6 atom stereocenters. The van der Waals surface area contributed by atoms with Gasteiger partial charge in [0.05, 0.1) is 0 Å². The number of nitrogens with one attached hydrogen (secondary N) is 1. The zero-order valence-corrected chi connectivity index (χ0v) is 12.7. The molecule has 1 spiro atoms. The quantitative estimate of drug-likeness (QED) is 0.722. The Morgan fingerprint density at radius 3 is 2.84 bits per heavy atom. The van der Waals surface area contributed by atoms with Crippen LogP contribution in [0.2, 0.25) is 0 Å². The van der Waals surface area contributed by atoms with Gasteiger partial charge in [-0.3, -0.25) is 0 Å². The van der Waals surface area contributed by atoms with E-state index < -0.39 is 0 Å². The van der Waals surface area contributed by atoms with E-state index in [9.17, 15) is 0 Å². The summed E-state index contributed by atoms with van der Waals surface area (Å²) in [5, 5.41) is 4.00. The van der Waals surface area contributed by atoms with Crippen molar-refractivity contribution in [3.8, 4) is 0 Å². The Balaban J connectivity index is 1.65. The zero-order chi connectivity index (χ0) is 13.0. The number of rotatable bonds is 0. The summed E-state index contributed by atoms with van der Waals surface area (Å²) in [5.41, 5.74) is 0.524. The van der Waals surface area contributed by atoms with Crippen molar-refractivity contribution >= 4 is 0 Å². The van der Waals surface area contributed by atoms with Crippen LogP contribution in [0.25, 0.3) is 0 Å². The van der Waals surface area contributed by atoms with E-state index in [1.54, 1.807) is 0 Å². The molecule has 0 aromatic rings. The largest absolute Gasteiger partial charge is 0.311 e. The van der Waals surface area contributed by atoms with E-state index in [1.165, 1.54) is 58.0 Å². The molecule has 4 rings (SSSR count). The molecular formula is C17H30N2. The summed E-state index contributed by atoms with van der Waals surface area (Å²) < 4.78 is 0. The smallest absolute Gasteiger partial charge is 0.0224 e. The van der Waals surface area contributed by atoms with E-state index in [-0.39, 0.29) is 0 Å². The number of hydrogen-bond acceptors (Lipinski definition) is 2. The Morgan fingerprint density at radius 1 is 1.16 bits per heavy atom. The molecule has 0 amide bonds. The first-order chi connectivity index (χ1) is 9.18. The molecule has 2 heteroatoms. The molecule has 2 aliphatic carbocycles. The second-order valence-electron chi connectivity index (χ2n) is 8.18. The number of fused-ring (bicyclic) bond motifs is 2. The van der Waals surface area contributed by atoms with Gasteiger partial charge in [-0.15, -0.1) is 0 Å². The monoisotopic (exact) mass is 262 g/mol. The number of hydrogen-bond donors (Lipinski definition) is 1. The topological polar surface area (TPSA) is 15.3 Å². The number of nitrogens with zero attached hydrogens (tertiary/aromatic N) is 1. The Kier molecular flexibility index (Phi) is 2.97. The van der Waals surface area contributed by atoms with Crippen molar-refractivity contribution in [2.45, 2.75) is 63.5 Å². The van der Waals surface area contributed by atoms with E-state index >= 15 is 0 Å². The summed E-state index contributed by atoms with van der Waals surface area (Å²) in [4.78, 5) is 2.73. The molecule has 2 heterocycles. The van der Waals surface area contributed by atoms with Crippen molar-refractivity contribution in [1.29, 1.82) is 0 Å². The van der Waals surface area contributed by atoms with Gasteiger partial charge < -0.3 is 10.2 Å². The summed E-state index contributed by atoms with van der Waals surface area (Å²) in [5.74, 6) is 3.92. The summed E-state index contributed by atoms with van der Waals surface area (Å²) in [7, 11) is 2.40. The Hall–Kier alpha value is -0.0800. The maximum Gasteiger partial charge on any atom is 0.0224 e. The predicted octanol–water partition coefficient (Wildman–Crippen LogP) is 2.89. The van der Waals surface area contributed by atoms with E-state index in [4.69, 9.17) is 0 Å². The molecule has 108 valence electrons. The predicted molar refractivity (Wildman–Crippen MR) is 79.1 cm³/mol. The lowest BCUT2D eigenvalue weighted by atomic mass is 9.53. The average Bonchev–Trinajstić information content (AvgIpc) is 2.40. The molecule has 0 aromatic carbocycles. The fourth-order valence-corrected chi connectivity index (χ4v) is 6.21. The van der Waals surface area contributed by atoms with Crippen LogP contribution in [0.1, 0.15) is 51.9 Å². The SMILES string of the molecule is C[C@@H]1C[C@H]2C[C@@]3(CCCCN3)[C@@H]3C[C@H]2[C@H](C1)N(C)C3. The van der Waals surface area contributed by atoms with Crippen molar-refractivity contribution in [1.82, 2.24) is 10.2 Å². The van der Waals surface area contributed by atoms with Gasteiger partial charge in [0.25, 0.3) is 0 Å². The van der Waals surface area contributed by atoms with E-state index in [0.29, 0.717) is 5.54 Å². The van der Waals surface area contributed by atoms with Gasteiger partial charge in [0.1, 0.15) is 0 Å². The zero-order valence-electron chi connectivity index (χ0n) is 12.7. The van der Waals surface area contributed by atoms with Crippen LogP contribution in [0.3, 0.4) is 0 Å². The molecular weight excluding hydrogens is 232 g/mol. The van der Waals surface area contributed by atoms with Crippen molar-refractivity contribution in [3.63, 3.8) is 0 Å². The highest BCUT2D eigenvalue weighted by Gasteiger charge is 2.54. The second-order valence-corrected chi connectivity index (χ2v) is 8.18.